The number of halogens is 1. The molecule has 0 heterocycles. The van der Waals surface area contributed by atoms with Gasteiger partial charge in [-0.3, -0.25) is 4.79 Å². The van der Waals surface area contributed by atoms with Gasteiger partial charge in [0.2, 0.25) is 5.91 Å². The van der Waals surface area contributed by atoms with Crippen molar-refractivity contribution in [3.8, 4) is 5.75 Å². The highest BCUT2D eigenvalue weighted by molar-refractivity contribution is 5.85. The molecular formula is C13H21ClN2O2. The Labute approximate surface area is 114 Å². The number of benzene rings is 1. The number of methoxy groups -OCH3 is 1. The van der Waals surface area contributed by atoms with E-state index < -0.39 is 0 Å². The molecule has 4 nitrogen and oxygen atoms in total. The predicted octanol–water partition coefficient (Wildman–Crippen LogP) is 1.64. The highest BCUT2D eigenvalue weighted by Crippen LogP contribution is 2.19. The first-order valence-corrected chi connectivity index (χ1v) is 5.69. The van der Waals surface area contributed by atoms with Gasteiger partial charge >= 0.3 is 0 Å². The Morgan fingerprint density at radius 3 is 2.72 bits per heavy atom. The predicted molar refractivity (Wildman–Crippen MR) is 75.0 cm³/mol. The summed E-state index contributed by atoms with van der Waals surface area (Å²) in [5.74, 6) is 0.604. The first kappa shape index (κ1) is 16.7. The summed E-state index contributed by atoms with van der Waals surface area (Å²) < 4.78 is 5.27. The van der Waals surface area contributed by atoms with Crippen LogP contribution in [0.15, 0.2) is 18.2 Å². The number of ether oxygens (including phenoxy) is 1. The van der Waals surface area contributed by atoms with Crippen LogP contribution in [0.4, 0.5) is 0 Å². The lowest BCUT2D eigenvalue weighted by atomic mass is 10.1. The van der Waals surface area contributed by atoms with E-state index in [2.05, 4.69) is 5.32 Å². The van der Waals surface area contributed by atoms with Gasteiger partial charge in [0.25, 0.3) is 0 Å². The van der Waals surface area contributed by atoms with Crippen LogP contribution in [0.25, 0.3) is 0 Å². The molecule has 1 aromatic carbocycles. The molecule has 3 N–H and O–H groups in total. The van der Waals surface area contributed by atoms with E-state index in [9.17, 15) is 4.79 Å². The Bertz CT molecular complexity index is 397. The zero-order valence-electron chi connectivity index (χ0n) is 11.0. The van der Waals surface area contributed by atoms with E-state index in [-0.39, 0.29) is 24.2 Å². The number of amides is 1. The van der Waals surface area contributed by atoms with Gasteiger partial charge in [0.1, 0.15) is 5.75 Å². The molecule has 1 atom stereocenters. The van der Waals surface area contributed by atoms with E-state index in [4.69, 9.17) is 10.5 Å². The fourth-order valence-corrected chi connectivity index (χ4v) is 1.46. The molecule has 1 amide bonds. The summed E-state index contributed by atoms with van der Waals surface area (Å²) in [5, 5.41) is 2.84. The standard InChI is InChI=1S/C13H20N2O2.ClH/c1-9-4-5-11(12(6-9)17-3)8-15-13(16)10(2)7-14;/h4-6,10H,7-8,14H2,1-3H3,(H,15,16);1H. The largest absolute Gasteiger partial charge is 0.496 e. The molecule has 0 aromatic heterocycles. The highest BCUT2D eigenvalue weighted by Gasteiger charge is 2.11. The maximum Gasteiger partial charge on any atom is 0.224 e. The maximum atomic E-state index is 11.6. The zero-order chi connectivity index (χ0) is 12.8. The second-order valence-corrected chi connectivity index (χ2v) is 4.17. The zero-order valence-corrected chi connectivity index (χ0v) is 11.8. The van der Waals surface area contributed by atoms with Crippen LogP contribution in [-0.2, 0) is 11.3 Å². The van der Waals surface area contributed by atoms with Gasteiger partial charge in [-0.2, -0.15) is 0 Å². The third-order valence-corrected chi connectivity index (χ3v) is 2.70. The Hall–Kier alpha value is -1.26. The van der Waals surface area contributed by atoms with Gasteiger partial charge in [0.05, 0.1) is 7.11 Å². The quantitative estimate of drug-likeness (QED) is 0.856. The Morgan fingerprint density at radius 2 is 2.17 bits per heavy atom. The second-order valence-electron chi connectivity index (χ2n) is 4.17. The molecule has 1 aromatic rings. The van der Waals surface area contributed by atoms with Crippen LogP contribution in [0.3, 0.4) is 0 Å². The van der Waals surface area contributed by atoms with Crippen LogP contribution in [-0.4, -0.2) is 19.6 Å². The molecule has 0 aliphatic rings. The van der Waals surface area contributed by atoms with Gasteiger partial charge in [0, 0.05) is 24.6 Å². The van der Waals surface area contributed by atoms with Crippen molar-refractivity contribution in [2.75, 3.05) is 13.7 Å². The van der Waals surface area contributed by atoms with Crippen LogP contribution in [0.5, 0.6) is 5.75 Å². The minimum absolute atomic E-state index is 0. The third kappa shape index (κ3) is 4.55. The maximum absolute atomic E-state index is 11.6. The van der Waals surface area contributed by atoms with Gasteiger partial charge in [-0.25, -0.2) is 0 Å². The lowest BCUT2D eigenvalue weighted by Crippen LogP contribution is -2.32. The molecule has 0 saturated heterocycles. The van der Waals surface area contributed by atoms with Gasteiger partial charge in [0.15, 0.2) is 0 Å². The van der Waals surface area contributed by atoms with Gasteiger partial charge in [-0.1, -0.05) is 19.1 Å². The molecule has 5 heteroatoms. The average molecular weight is 273 g/mol. The van der Waals surface area contributed by atoms with Crippen molar-refractivity contribution < 1.29 is 9.53 Å². The number of nitrogens with two attached hydrogens (primary N) is 1. The van der Waals surface area contributed by atoms with E-state index in [1.165, 1.54) is 0 Å². The minimum Gasteiger partial charge on any atom is -0.496 e. The third-order valence-electron chi connectivity index (χ3n) is 2.70. The molecule has 0 fully saturated rings. The van der Waals surface area contributed by atoms with Crippen LogP contribution >= 0.6 is 12.4 Å². The molecular weight excluding hydrogens is 252 g/mol. The normalized spacial score (nSPS) is 11.3. The summed E-state index contributed by atoms with van der Waals surface area (Å²) >= 11 is 0. The molecule has 102 valence electrons. The van der Waals surface area contributed by atoms with Crippen LogP contribution in [0, 0.1) is 12.8 Å². The Balaban J connectivity index is 0.00000289. The highest BCUT2D eigenvalue weighted by atomic mass is 35.5. The van der Waals surface area contributed by atoms with Crippen molar-refractivity contribution in [3.05, 3.63) is 29.3 Å². The Kier molecular flexibility index (Phi) is 7.39. The van der Waals surface area contributed by atoms with Crippen molar-refractivity contribution >= 4 is 18.3 Å². The minimum atomic E-state index is -0.161. The molecule has 0 bridgehead atoms. The van der Waals surface area contributed by atoms with Crippen LogP contribution < -0.4 is 15.8 Å². The van der Waals surface area contributed by atoms with Crippen molar-refractivity contribution in [2.45, 2.75) is 20.4 Å². The molecule has 0 saturated carbocycles. The lowest BCUT2D eigenvalue weighted by molar-refractivity contribution is -0.124. The summed E-state index contributed by atoms with van der Waals surface area (Å²) in [5.41, 5.74) is 7.53. The first-order valence-electron chi connectivity index (χ1n) is 5.69. The molecule has 18 heavy (non-hydrogen) atoms. The SMILES string of the molecule is COc1cc(C)ccc1CNC(=O)C(C)CN.Cl. The molecule has 0 spiro atoms. The van der Waals surface area contributed by atoms with E-state index in [1.54, 1.807) is 7.11 Å². The van der Waals surface area contributed by atoms with Crippen molar-refractivity contribution in [1.29, 1.82) is 0 Å². The molecule has 0 radical (unpaired) electrons. The summed E-state index contributed by atoms with van der Waals surface area (Å²) in [6, 6.07) is 5.91. The topological polar surface area (TPSA) is 64.3 Å². The monoisotopic (exact) mass is 272 g/mol. The average Bonchev–Trinajstić information content (AvgIpc) is 2.35. The number of hydrogen-bond donors (Lipinski definition) is 2. The van der Waals surface area contributed by atoms with Gasteiger partial charge in [-0.15, -0.1) is 12.4 Å². The molecule has 1 unspecified atom stereocenters. The number of nitrogens with one attached hydrogen (secondary N) is 1. The number of aryl methyl sites for hydroxylation is 1. The molecule has 1 rings (SSSR count). The fourth-order valence-electron chi connectivity index (χ4n) is 1.46. The van der Waals surface area contributed by atoms with Crippen molar-refractivity contribution in [1.82, 2.24) is 5.32 Å². The number of carbonyl (C=O) groups excluding carboxylic acids is 1. The van der Waals surface area contributed by atoms with E-state index in [1.807, 2.05) is 32.0 Å². The van der Waals surface area contributed by atoms with Crippen molar-refractivity contribution in [3.63, 3.8) is 0 Å². The lowest BCUT2D eigenvalue weighted by Gasteiger charge is -2.12. The summed E-state index contributed by atoms with van der Waals surface area (Å²) in [4.78, 5) is 11.6. The first-order chi connectivity index (χ1) is 8.08. The summed E-state index contributed by atoms with van der Waals surface area (Å²) in [7, 11) is 1.63. The van der Waals surface area contributed by atoms with Gasteiger partial charge < -0.3 is 15.8 Å². The number of hydrogen-bond acceptors (Lipinski definition) is 3. The van der Waals surface area contributed by atoms with Crippen LogP contribution in [0.2, 0.25) is 0 Å². The van der Waals surface area contributed by atoms with Gasteiger partial charge in [-0.05, 0) is 18.6 Å². The number of carbonyl (C=O) groups is 1. The van der Waals surface area contributed by atoms with E-state index in [0.717, 1.165) is 16.9 Å². The van der Waals surface area contributed by atoms with Crippen molar-refractivity contribution in [2.24, 2.45) is 11.7 Å². The summed E-state index contributed by atoms with van der Waals surface area (Å²) in [6.07, 6.45) is 0. The molecule has 0 aliphatic carbocycles. The smallest absolute Gasteiger partial charge is 0.224 e. The fraction of sp³-hybridized carbons (Fsp3) is 0.462. The number of rotatable bonds is 5. The van der Waals surface area contributed by atoms with E-state index in [0.29, 0.717) is 13.1 Å². The Morgan fingerprint density at radius 1 is 1.50 bits per heavy atom. The molecule has 0 aliphatic heterocycles. The van der Waals surface area contributed by atoms with Crippen LogP contribution in [0.1, 0.15) is 18.1 Å². The summed E-state index contributed by atoms with van der Waals surface area (Å²) in [6.45, 7) is 4.63. The van der Waals surface area contributed by atoms with E-state index >= 15 is 0 Å². The second kappa shape index (κ2) is 7.95.